The highest BCUT2D eigenvalue weighted by molar-refractivity contribution is 7.92. The third kappa shape index (κ3) is 6.23. The van der Waals surface area contributed by atoms with Crippen LogP contribution in [-0.4, -0.2) is 28.5 Å². The molecule has 0 unspecified atom stereocenters. The Labute approximate surface area is 125 Å². The molecule has 0 saturated carbocycles. The molecule has 0 spiro atoms. The van der Waals surface area contributed by atoms with Crippen LogP contribution in [0.2, 0.25) is 0 Å². The van der Waals surface area contributed by atoms with Crippen molar-refractivity contribution in [3.8, 4) is 12.3 Å². The van der Waals surface area contributed by atoms with E-state index in [1.807, 2.05) is 0 Å². The summed E-state index contributed by atoms with van der Waals surface area (Å²) in [5, 5.41) is 2.65. The lowest BCUT2D eigenvalue weighted by molar-refractivity contribution is -0.116. The minimum Gasteiger partial charge on any atom is -0.325 e. The first-order chi connectivity index (χ1) is 9.83. The number of nitrogens with zero attached hydrogens (tertiary/aromatic N) is 1. The van der Waals surface area contributed by atoms with Crippen molar-refractivity contribution in [3.05, 3.63) is 29.8 Å². The number of carbonyl (C=O) groups is 2. The average Bonchev–Trinajstić information content (AvgIpc) is 2.37. The summed E-state index contributed by atoms with van der Waals surface area (Å²) >= 11 is 0. The van der Waals surface area contributed by atoms with E-state index in [1.165, 1.54) is 18.6 Å². The monoisotopic (exact) mass is 306 g/mol. The number of amides is 2. The molecular weight excluding hydrogens is 288 g/mol. The van der Waals surface area contributed by atoms with Crippen molar-refractivity contribution in [1.82, 2.24) is 0 Å². The van der Waals surface area contributed by atoms with Crippen LogP contribution >= 0.6 is 0 Å². The second-order valence-electron chi connectivity index (χ2n) is 4.73. The van der Waals surface area contributed by atoms with Crippen LogP contribution in [0.4, 0.5) is 5.69 Å². The lowest BCUT2D eigenvalue weighted by Crippen LogP contribution is -2.14. The zero-order chi connectivity index (χ0) is 15.9. The zero-order valence-corrected chi connectivity index (χ0v) is 12.9. The van der Waals surface area contributed by atoms with Crippen LogP contribution in [0.5, 0.6) is 0 Å². The quantitative estimate of drug-likeness (QED) is 0.670. The van der Waals surface area contributed by atoms with Crippen molar-refractivity contribution >= 4 is 27.2 Å². The van der Waals surface area contributed by atoms with Crippen LogP contribution < -0.4 is 5.32 Å². The molecule has 1 N–H and O–H groups in total. The summed E-state index contributed by atoms with van der Waals surface area (Å²) in [5.41, 5.74) is 0.583. The average molecular weight is 306 g/mol. The second kappa shape index (κ2) is 7.60. The number of unbranched alkanes of at least 4 members (excludes halogenated alkanes) is 1. The van der Waals surface area contributed by atoms with Gasteiger partial charge >= 0.3 is 0 Å². The molecule has 0 aliphatic carbocycles. The lowest BCUT2D eigenvalue weighted by atomic mass is 10.1. The molecule has 0 atom stereocenters. The molecule has 112 valence electrons. The molecule has 0 radical (unpaired) electrons. The summed E-state index contributed by atoms with van der Waals surface area (Å²) in [7, 11) is -2.54. The Balaban J connectivity index is 2.91. The van der Waals surface area contributed by atoms with Gasteiger partial charge in [0.15, 0.2) is 0 Å². The molecule has 0 aliphatic heterocycles. The maximum Gasteiger partial charge on any atom is 0.287 e. The van der Waals surface area contributed by atoms with Crippen molar-refractivity contribution in [2.24, 2.45) is 4.36 Å². The Morgan fingerprint density at radius 3 is 2.62 bits per heavy atom. The summed E-state index contributed by atoms with van der Waals surface area (Å²) in [5.74, 6) is 1.63. The molecule has 21 heavy (non-hydrogen) atoms. The summed E-state index contributed by atoms with van der Waals surface area (Å²) in [6.45, 7) is 0. The van der Waals surface area contributed by atoms with Crippen molar-refractivity contribution in [3.63, 3.8) is 0 Å². The smallest absolute Gasteiger partial charge is 0.287 e. The Kier molecular flexibility index (Phi) is 6.12. The van der Waals surface area contributed by atoms with Crippen molar-refractivity contribution in [2.75, 3.05) is 17.8 Å². The van der Waals surface area contributed by atoms with Crippen LogP contribution in [0.1, 0.15) is 29.6 Å². The van der Waals surface area contributed by atoms with E-state index in [0.29, 0.717) is 18.5 Å². The molecule has 2 amide bonds. The number of anilines is 1. The number of benzene rings is 1. The molecule has 1 aromatic rings. The topological polar surface area (TPSA) is 75.6 Å². The first-order valence-corrected chi connectivity index (χ1v) is 8.70. The Bertz CT molecular complexity index is 687. The van der Waals surface area contributed by atoms with Crippen molar-refractivity contribution in [1.29, 1.82) is 0 Å². The van der Waals surface area contributed by atoms with Crippen LogP contribution in [-0.2, 0) is 14.5 Å². The normalized spacial score (nSPS) is 10.5. The van der Waals surface area contributed by atoms with E-state index >= 15 is 0 Å². The lowest BCUT2D eigenvalue weighted by Gasteiger charge is -2.08. The van der Waals surface area contributed by atoms with Gasteiger partial charge in [-0.3, -0.25) is 9.59 Å². The number of hydrogen-bond acceptors (Lipinski definition) is 3. The molecule has 0 heterocycles. The largest absolute Gasteiger partial charge is 0.325 e. The summed E-state index contributed by atoms with van der Waals surface area (Å²) in [4.78, 5) is 23.8. The van der Waals surface area contributed by atoms with Gasteiger partial charge < -0.3 is 5.32 Å². The molecule has 6 heteroatoms. The number of para-hydroxylation sites is 1. The first kappa shape index (κ1) is 16.9. The van der Waals surface area contributed by atoms with Crippen molar-refractivity contribution in [2.45, 2.75) is 19.3 Å². The zero-order valence-electron chi connectivity index (χ0n) is 12.1. The fourth-order valence-electron chi connectivity index (χ4n) is 1.59. The minimum atomic E-state index is -2.54. The van der Waals surface area contributed by atoms with Gasteiger partial charge in [-0.15, -0.1) is 12.3 Å². The SMILES string of the molecule is C#CCCCC(=O)Nc1ccccc1C(=O)N=S(C)(C)=O. The van der Waals surface area contributed by atoms with Gasteiger partial charge in [-0.2, -0.15) is 4.36 Å². The fraction of sp³-hybridized carbons (Fsp3) is 0.333. The van der Waals surface area contributed by atoms with Gasteiger partial charge in [-0.1, -0.05) is 12.1 Å². The standard InChI is InChI=1S/C15H18N2O3S/c1-4-5-6-11-14(18)16-13-10-8-7-9-12(13)15(19)17-21(2,3)20/h1,7-10H,5-6,11H2,2-3H3,(H,16,18). The van der Waals surface area contributed by atoms with Gasteiger partial charge in [-0.05, 0) is 18.6 Å². The molecule has 1 aromatic carbocycles. The first-order valence-electron chi connectivity index (χ1n) is 6.37. The number of hydrogen-bond donors (Lipinski definition) is 1. The number of nitrogens with one attached hydrogen (secondary N) is 1. The van der Waals surface area contributed by atoms with E-state index in [-0.39, 0.29) is 17.9 Å². The molecule has 5 nitrogen and oxygen atoms in total. The second-order valence-corrected chi connectivity index (χ2v) is 7.27. The molecule has 1 rings (SSSR count). The minimum absolute atomic E-state index is 0.222. The number of carbonyl (C=O) groups excluding carboxylic acids is 2. The highest BCUT2D eigenvalue weighted by atomic mass is 32.2. The summed E-state index contributed by atoms with van der Waals surface area (Å²) < 4.78 is 15.2. The van der Waals surface area contributed by atoms with Crippen LogP contribution in [0.25, 0.3) is 0 Å². The Morgan fingerprint density at radius 2 is 2.00 bits per heavy atom. The highest BCUT2D eigenvalue weighted by Gasteiger charge is 2.13. The van der Waals surface area contributed by atoms with Crippen LogP contribution in [0.3, 0.4) is 0 Å². The van der Waals surface area contributed by atoms with Crippen LogP contribution in [0, 0.1) is 12.3 Å². The predicted octanol–water partition coefficient (Wildman–Crippen LogP) is 2.30. The maximum atomic E-state index is 12.0. The van der Waals surface area contributed by atoms with Gasteiger partial charge in [-0.25, -0.2) is 4.21 Å². The third-order valence-corrected chi connectivity index (χ3v) is 3.06. The summed E-state index contributed by atoms with van der Waals surface area (Å²) in [6, 6.07) is 6.50. The molecule has 0 bridgehead atoms. The third-order valence-electron chi connectivity index (χ3n) is 2.46. The van der Waals surface area contributed by atoms with Crippen molar-refractivity contribution < 1.29 is 13.8 Å². The Morgan fingerprint density at radius 1 is 1.33 bits per heavy atom. The summed E-state index contributed by atoms with van der Waals surface area (Å²) in [6.07, 6.45) is 9.27. The molecule has 0 aliphatic rings. The number of rotatable bonds is 5. The van der Waals surface area contributed by atoms with Gasteiger partial charge in [0.05, 0.1) is 11.3 Å². The van der Waals surface area contributed by atoms with Gasteiger partial charge in [0, 0.05) is 35.1 Å². The number of terminal acetylenes is 1. The van der Waals surface area contributed by atoms with Crippen LogP contribution in [0.15, 0.2) is 28.6 Å². The molecule has 0 fully saturated rings. The van der Waals surface area contributed by atoms with E-state index in [1.54, 1.807) is 18.2 Å². The molecule has 0 aromatic heterocycles. The molecular formula is C15H18N2O3S. The van der Waals surface area contributed by atoms with E-state index in [2.05, 4.69) is 15.6 Å². The Hall–Kier alpha value is -2.13. The van der Waals surface area contributed by atoms with Gasteiger partial charge in [0.1, 0.15) is 0 Å². The van der Waals surface area contributed by atoms with E-state index in [0.717, 1.165) is 0 Å². The fourth-order valence-corrected chi connectivity index (χ4v) is 2.09. The van der Waals surface area contributed by atoms with E-state index < -0.39 is 15.6 Å². The van der Waals surface area contributed by atoms with Gasteiger partial charge in [0.25, 0.3) is 5.91 Å². The molecule has 0 saturated heterocycles. The van der Waals surface area contributed by atoms with E-state index in [4.69, 9.17) is 6.42 Å². The maximum absolute atomic E-state index is 12.0. The highest BCUT2D eigenvalue weighted by Crippen LogP contribution is 2.17. The predicted molar refractivity (Wildman–Crippen MR) is 84.5 cm³/mol. The van der Waals surface area contributed by atoms with Gasteiger partial charge in [0.2, 0.25) is 5.91 Å². The van der Waals surface area contributed by atoms with E-state index in [9.17, 15) is 13.8 Å².